The maximum absolute atomic E-state index is 2.47. The average Bonchev–Trinajstić information content (AvgIpc) is 2.05. The Balaban J connectivity index is 2.97. The van der Waals surface area contributed by atoms with Crippen LogP contribution in [0.5, 0.6) is 0 Å². The summed E-state index contributed by atoms with van der Waals surface area (Å²) < 4.78 is 1.31. The van der Waals surface area contributed by atoms with Crippen LogP contribution in [0.1, 0.15) is 39.5 Å². The largest absolute Gasteiger partial charge is 0.109 e. The van der Waals surface area contributed by atoms with E-state index in [1.807, 2.05) is 0 Å². The number of alkyl halides is 1. The molecule has 2 heteroatoms. The molecule has 0 aromatic rings. The van der Waals surface area contributed by atoms with Crippen LogP contribution >= 0.6 is 22.6 Å². The van der Waals surface area contributed by atoms with Crippen LogP contribution in [0.25, 0.3) is 0 Å². The lowest BCUT2D eigenvalue weighted by molar-refractivity contribution is 0.550. The molecule has 0 N–H and O–H groups in total. The van der Waals surface area contributed by atoms with Crippen molar-refractivity contribution in [2.75, 3.05) is 4.43 Å². The average molecular weight is 279 g/mol. The van der Waals surface area contributed by atoms with Crippen molar-refractivity contribution in [3.05, 3.63) is 0 Å². The van der Waals surface area contributed by atoms with Crippen molar-refractivity contribution in [1.82, 2.24) is 0 Å². The molecule has 0 saturated heterocycles. The monoisotopic (exact) mass is 279 g/mol. The number of halogens is 1. The van der Waals surface area contributed by atoms with Crippen LogP contribution in [0.4, 0.5) is 0 Å². The van der Waals surface area contributed by atoms with Crippen LogP contribution in [0.3, 0.4) is 0 Å². The summed E-state index contributed by atoms with van der Waals surface area (Å²) in [6, 6.07) is 0. The van der Waals surface area contributed by atoms with Crippen molar-refractivity contribution in [3.63, 3.8) is 0 Å². The lowest BCUT2D eigenvalue weighted by Gasteiger charge is -2.07. The Hall–Kier alpha value is 0.795. The highest BCUT2D eigenvalue weighted by Gasteiger charge is 2.00. The first-order valence-electron chi connectivity index (χ1n) is 5.18. The maximum atomic E-state index is 2.47. The van der Waals surface area contributed by atoms with E-state index < -0.39 is 0 Å². The third-order valence-electron chi connectivity index (χ3n) is 2.23. The minimum Gasteiger partial charge on any atom is -0.0864 e. The number of hydrogen-bond donors (Lipinski definition) is 0. The lowest BCUT2D eigenvalue weighted by atomic mass is 9.67. The fraction of sp³-hybridized carbons (Fsp3) is 1.00. The van der Waals surface area contributed by atoms with Crippen molar-refractivity contribution in [3.8, 4) is 0 Å². The van der Waals surface area contributed by atoms with E-state index in [-0.39, 0.29) is 0 Å². The Morgan fingerprint density at radius 1 is 1.25 bits per heavy atom. The van der Waals surface area contributed by atoms with Gasteiger partial charge in [0.15, 0.2) is 0 Å². The molecule has 0 fully saturated rings. The highest BCUT2D eigenvalue weighted by atomic mass is 127. The number of rotatable bonds is 8. The van der Waals surface area contributed by atoms with Crippen LogP contribution in [0.2, 0.25) is 12.6 Å². The molecule has 0 bridgehead atoms. The predicted octanol–water partition coefficient (Wildman–Crippen LogP) is 4.18. The second kappa shape index (κ2) is 9.88. The van der Waals surface area contributed by atoms with Crippen molar-refractivity contribution in [2.24, 2.45) is 5.92 Å². The van der Waals surface area contributed by atoms with Crippen LogP contribution < -0.4 is 0 Å². The van der Waals surface area contributed by atoms with Gasteiger partial charge in [0.1, 0.15) is 7.28 Å². The summed E-state index contributed by atoms with van der Waals surface area (Å²) in [6.45, 7) is 4.62. The van der Waals surface area contributed by atoms with E-state index in [1.54, 1.807) is 0 Å². The van der Waals surface area contributed by atoms with Crippen molar-refractivity contribution in [2.45, 2.75) is 52.2 Å². The van der Waals surface area contributed by atoms with E-state index in [9.17, 15) is 0 Å². The van der Waals surface area contributed by atoms with Gasteiger partial charge in [-0.2, -0.15) is 0 Å². The maximum Gasteiger partial charge on any atom is 0.109 e. The zero-order chi connectivity index (χ0) is 9.23. The fourth-order valence-corrected chi connectivity index (χ4v) is 2.29. The number of unbranched alkanes of at least 4 members (excludes halogenated alkanes) is 1. The van der Waals surface area contributed by atoms with Crippen LogP contribution in [0, 0.1) is 5.92 Å². The Morgan fingerprint density at radius 2 is 2.00 bits per heavy atom. The van der Waals surface area contributed by atoms with Gasteiger partial charge in [-0.3, -0.25) is 0 Å². The zero-order valence-electron chi connectivity index (χ0n) is 8.48. The third kappa shape index (κ3) is 8.89. The molecule has 0 nitrogen and oxygen atoms in total. The Morgan fingerprint density at radius 3 is 2.58 bits per heavy atom. The molecule has 0 aromatic heterocycles. The van der Waals surface area contributed by atoms with Crippen LogP contribution in [0.15, 0.2) is 0 Å². The van der Waals surface area contributed by atoms with Crippen LogP contribution in [-0.2, 0) is 0 Å². The van der Waals surface area contributed by atoms with E-state index in [2.05, 4.69) is 43.7 Å². The highest BCUT2D eigenvalue weighted by molar-refractivity contribution is 14.1. The van der Waals surface area contributed by atoms with E-state index >= 15 is 0 Å². The molecule has 1 radical (unpaired) electrons. The smallest absolute Gasteiger partial charge is 0.0864 e. The summed E-state index contributed by atoms with van der Waals surface area (Å²) in [5.74, 6) is 0.930. The van der Waals surface area contributed by atoms with Crippen molar-refractivity contribution >= 4 is 29.9 Å². The van der Waals surface area contributed by atoms with Crippen molar-refractivity contribution in [1.29, 1.82) is 0 Å². The second-order valence-electron chi connectivity index (χ2n) is 3.59. The summed E-state index contributed by atoms with van der Waals surface area (Å²) in [7, 11) is 2.47. The SMILES string of the molecule is CCCC[B]CC[C@H](C)CCI. The first-order valence-corrected chi connectivity index (χ1v) is 6.71. The standard InChI is InChI=1S/C10H21BI/c1-3-4-7-11-8-5-10(2)6-9-12/h10H,3-9H2,1-2H3/t10-/m0/s1. The third-order valence-corrected chi connectivity index (χ3v) is 2.85. The van der Waals surface area contributed by atoms with E-state index in [4.69, 9.17) is 0 Å². The fourth-order valence-electron chi connectivity index (χ4n) is 1.23. The first kappa shape index (κ1) is 12.8. The predicted molar refractivity (Wildman–Crippen MR) is 67.6 cm³/mol. The van der Waals surface area contributed by atoms with Gasteiger partial charge in [0.05, 0.1) is 0 Å². The molecule has 12 heavy (non-hydrogen) atoms. The van der Waals surface area contributed by atoms with Gasteiger partial charge in [-0.05, 0) is 16.8 Å². The molecule has 1 atom stereocenters. The van der Waals surface area contributed by atoms with E-state index in [0.29, 0.717) is 0 Å². The molecule has 0 unspecified atom stereocenters. The summed E-state index contributed by atoms with van der Waals surface area (Å²) in [5.41, 5.74) is 0. The molecule has 0 spiro atoms. The van der Waals surface area contributed by atoms with Gasteiger partial charge < -0.3 is 0 Å². The van der Waals surface area contributed by atoms with Crippen LogP contribution in [-0.4, -0.2) is 11.7 Å². The molecule has 71 valence electrons. The van der Waals surface area contributed by atoms with Gasteiger partial charge >= 0.3 is 0 Å². The normalized spacial score (nSPS) is 12.9. The van der Waals surface area contributed by atoms with Gasteiger partial charge in [-0.1, -0.05) is 68.3 Å². The summed E-state index contributed by atoms with van der Waals surface area (Å²) in [4.78, 5) is 0. The number of hydrogen-bond acceptors (Lipinski definition) is 0. The minimum atomic E-state index is 0.930. The van der Waals surface area contributed by atoms with Gasteiger partial charge in [-0.15, -0.1) is 0 Å². The topological polar surface area (TPSA) is 0 Å². The molecule has 0 aliphatic heterocycles. The Kier molecular flexibility index (Phi) is 10.5. The van der Waals surface area contributed by atoms with E-state index in [1.165, 1.54) is 42.8 Å². The second-order valence-corrected chi connectivity index (χ2v) is 4.67. The lowest BCUT2D eigenvalue weighted by Crippen LogP contribution is -1.98. The summed E-state index contributed by atoms with van der Waals surface area (Å²) in [6.07, 6.45) is 8.15. The molecular weight excluding hydrogens is 258 g/mol. The molecule has 0 saturated carbocycles. The van der Waals surface area contributed by atoms with Gasteiger partial charge in [-0.25, -0.2) is 0 Å². The molecule has 0 aliphatic carbocycles. The van der Waals surface area contributed by atoms with Gasteiger partial charge in [0.25, 0.3) is 0 Å². The molecular formula is C10H21BI. The Labute approximate surface area is 92.3 Å². The van der Waals surface area contributed by atoms with Gasteiger partial charge in [0, 0.05) is 0 Å². The molecule has 0 aromatic carbocycles. The molecule has 0 amide bonds. The molecule has 0 heterocycles. The molecule has 0 aliphatic rings. The summed E-state index contributed by atoms with van der Waals surface area (Å²) >= 11 is 2.47. The summed E-state index contributed by atoms with van der Waals surface area (Å²) in [5, 5.41) is 0. The van der Waals surface area contributed by atoms with Gasteiger partial charge in [0.2, 0.25) is 0 Å². The zero-order valence-corrected chi connectivity index (χ0v) is 10.6. The van der Waals surface area contributed by atoms with Crippen molar-refractivity contribution < 1.29 is 0 Å². The molecule has 0 rings (SSSR count). The quantitative estimate of drug-likeness (QED) is 0.270. The highest BCUT2D eigenvalue weighted by Crippen LogP contribution is 2.12. The first-order chi connectivity index (χ1) is 5.81. The van der Waals surface area contributed by atoms with E-state index in [0.717, 1.165) is 5.92 Å². The Bertz CT molecular complexity index is 85.9. The minimum absolute atomic E-state index is 0.930.